The monoisotopic (exact) mass is 266 g/mol. The van der Waals surface area contributed by atoms with Crippen LogP contribution in [-0.2, 0) is 13.1 Å². The number of aryl methyl sites for hydroxylation is 1. The smallest absolute Gasteiger partial charge is 0.125 e. The third-order valence-corrected chi connectivity index (χ3v) is 3.03. The van der Waals surface area contributed by atoms with Crippen LogP contribution in [0.15, 0.2) is 36.7 Å². The van der Waals surface area contributed by atoms with Crippen molar-refractivity contribution in [1.29, 1.82) is 0 Å². The number of anilines is 1. The van der Waals surface area contributed by atoms with Crippen molar-refractivity contribution in [3.63, 3.8) is 0 Å². The molecule has 2 rings (SSSR count). The zero-order valence-electron chi connectivity index (χ0n) is 10.3. The average Bonchev–Trinajstić information content (AvgIpc) is 2.79. The Morgan fingerprint density at radius 1 is 1.33 bits per heavy atom. The lowest BCUT2D eigenvalue weighted by molar-refractivity contribution is 0.628. The largest absolute Gasteiger partial charge is 0.380 e. The van der Waals surface area contributed by atoms with Crippen LogP contribution in [0.5, 0.6) is 0 Å². The normalized spacial score (nSPS) is 10.6. The van der Waals surface area contributed by atoms with Crippen LogP contribution in [0.4, 0.5) is 10.1 Å². The Morgan fingerprint density at radius 2 is 2.17 bits per heavy atom. The van der Waals surface area contributed by atoms with Crippen molar-refractivity contribution in [2.24, 2.45) is 0 Å². The van der Waals surface area contributed by atoms with E-state index in [1.165, 1.54) is 12.1 Å². The molecule has 1 aromatic carbocycles. The van der Waals surface area contributed by atoms with Crippen LogP contribution >= 0.6 is 11.6 Å². The number of rotatable bonds is 5. The topological polar surface area (TPSA) is 17.0 Å². The van der Waals surface area contributed by atoms with Gasteiger partial charge in [0, 0.05) is 25.5 Å². The molecule has 96 valence electrons. The molecule has 0 aliphatic heterocycles. The van der Waals surface area contributed by atoms with Gasteiger partial charge in [0.1, 0.15) is 5.82 Å². The molecule has 0 aliphatic rings. The molecule has 0 atom stereocenters. The van der Waals surface area contributed by atoms with Crippen molar-refractivity contribution in [2.75, 3.05) is 5.32 Å². The zero-order valence-corrected chi connectivity index (χ0v) is 11.0. The van der Waals surface area contributed by atoms with E-state index in [0.29, 0.717) is 17.3 Å². The van der Waals surface area contributed by atoms with E-state index < -0.39 is 0 Å². The maximum absolute atomic E-state index is 13.1. The molecule has 0 saturated carbocycles. The molecule has 18 heavy (non-hydrogen) atoms. The Bertz CT molecular complexity index is 522. The van der Waals surface area contributed by atoms with Crippen LogP contribution < -0.4 is 5.32 Å². The van der Waals surface area contributed by atoms with E-state index in [1.54, 1.807) is 6.07 Å². The van der Waals surface area contributed by atoms with Crippen molar-refractivity contribution in [3.05, 3.63) is 53.1 Å². The van der Waals surface area contributed by atoms with Gasteiger partial charge in [0.05, 0.1) is 10.7 Å². The fraction of sp³-hybridized carbons (Fsp3) is 0.286. The lowest BCUT2D eigenvalue weighted by Crippen LogP contribution is -2.00. The third-order valence-electron chi connectivity index (χ3n) is 2.70. The molecule has 0 radical (unpaired) electrons. The molecule has 0 saturated heterocycles. The van der Waals surface area contributed by atoms with E-state index in [1.807, 2.05) is 6.20 Å². The standard InChI is InChI=1S/C14H16ClFN2/c1-2-6-18-7-5-11(10-18)9-17-14-8-12(16)3-4-13(14)15/h3-5,7-8,10,17H,2,6,9H2,1H3. The minimum absolute atomic E-state index is 0.287. The van der Waals surface area contributed by atoms with Gasteiger partial charge in [-0.3, -0.25) is 0 Å². The number of nitrogens with one attached hydrogen (secondary N) is 1. The molecule has 1 N–H and O–H groups in total. The van der Waals surface area contributed by atoms with E-state index >= 15 is 0 Å². The quantitative estimate of drug-likeness (QED) is 0.854. The van der Waals surface area contributed by atoms with Crippen molar-refractivity contribution in [2.45, 2.75) is 26.4 Å². The first-order chi connectivity index (χ1) is 8.69. The Balaban J connectivity index is 1.99. The second-order valence-corrected chi connectivity index (χ2v) is 4.64. The van der Waals surface area contributed by atoms with Gasteiger partial charge in [0.2, 0.25) is 0 Å². The van der Waals surface area contributed by atoms with Gasteiger partial charge in [-0.2, -0.15) is 0 Å². The molecule has 2 aromatic rings. The molecule has 0 spiro atoms. The van der Waals surface area contributed by atoms with E-state index in [-0.39, 0.29) is 5.82 Å². The van der Waals surface area contributed by atoms with Crippen LogP contribution in [-0.4, -0.2) is 4.57 Å². The van der Waals surface area contributed by atoms with Crippen molar-refractivity contribution in [1.82, 2.24) is 4.57 Å². The highest BCUT2D eigenvalue weighted by molar-refractivity contribution is 6.33. The summed E-state index contributed by atoms with van der Waals surface area (Å²) in [6.45, 7) is 3.80. The highest BCUT2D eigenvalue weighted by Crippen LogP contribution is 2.23. The average molecular weight is 267 g/mol. The zero-order chi connectivity index (χ0) is 13.0. The van der Waals surface area contributed by atoms with Gasteiger partial charge < -0.3 is 9.88 Å². The molecule has 0 aliphatic carbocycles. The van der Waals surface area contributed by atoms with Crippen LogP contribution in [0, 0.1) is 5.82 Å². The molecule has 0 fully saturated rings. The first kappa shape index (κ1) is 13.0. The van der Waals surface area contributed by atoms with Crippen molar-refractivity contribution >= 4 is 17.3 Å². The summed E-state index contributed by atoms with van der Waals surface area (Å²) in [6.07, 6.45) is 5.24. The lowest BCUT2D eigenvalue weighted by atomic mass is 10.3. The summed E-state index contributed by atoms with van der Waals surface area (Å²) >= 11 is 5.98. The SMILES string of the molecule is CCCn1ccc(CNc2cc(F)ccc2Cl)c1. The fourth-order valence-corrected chi connectivity index (χ4v) is 2.01. The van der Waals surface area contributed by atoms with Crippen molar-refractivity contribution < 1.29 is 4.39 Å². The molecular weight excluding hydrogens is 251 g/mol. The summed E-state index contributed by atoms with van der Waals surface area (Å²) in [5, 5.41) is 3.67. The summed E-state index contributed by atoms with van der Waals surface area (Å²) in [6, 6.07) is 6.37. The van der Waals surface area contributed by atoms with Crippen molar-refractivity contribution in [3.8, 4) is 0 Å². The van der Waals surface area contributed by atoms with Crippen LogP contribution in [0.3, 0.4) is 0 Å². The van der Waals surface area contributed by atoms with Crippen LogP contribution in [0.25, 0.3) is 0 Å². The summed E-state index contributed by atoms with van der Waals surface area (Å²) in [5.41, 5.74) is 1.78. The Hall–Kier alpha value is -1.48. The molecule has 0 amide bonds. The van der Waals surface area contributed by atoms with Gasteiger partial charge in [0.25, 0.3) is 0 Å². The molecule has 1 heterocycles. The summed E-state index contributed by atoms with van der Waals surface area (Å²) < 4.78 is 15.2. The minimum atomic E-state index is -0.287. The molecule has 1 aromatic heterocycles. The minimum Gasteiger partial charge on any atom is -0.380 e. The number of aromatic nitrogens is 1. The molecule has 0 bridgehead atoms. The van der Waals surface area contributed by atoms with Gasteiger partial charge >= 0.3 is 0 Å². The van der Waals surface area contributed by atoms with Gasteiger partial charge in [-0.05, 0) is 36.2 Å². The predicted molar refractivity (Wildman–Crippen MR) is 73.5 cm³/mol. The molecule has 2 nitrogen and oxygen atoms in total. The Labute approximate surface area is 111 Å². The molecule has 4 heteroatoms. The van der Waals surface area contributed by atoms with E-state index in [4.69, 9.17) is 11.6 Å². The highest BCUT2D eigenvalue weighted by atomic mass is 35.5. The van der Waals surface area contributed by atoms with Gasteiger partial charge in [-0.15, -0.1) is 0 Å². The van der Waals surface area contributed by atoms with Gasteiger partial charge in [-0.1, -0.05) is 18.5 Å². The van der Waals surface area contributed by atoms with Crippen LogP contribution in [0.1, 0.15) is 18.9 Å². The summed E-state index contributed by atoms with van der Waals surface area (Å²) in [5.74, 6) is -0.287. The van der Waals surface area contributed by atoms with Gasteiger partial charge in [0.15, 0.2) is 0 Å². The lowest BCUT2D eigenvalue weighted by Gasteiger charge is -2.07. The first-order valence-electron chi connectivity index (χ1n) is 6.02. The van der Waals surface area contributed by atoms with E-state index in [0.717, 1.165) is 18.5 Å². The maximum Gasteiger partial charge on any atom is 0.125 e. The first-order valence-corrected chi connectivity index (χ1v) is 6.40. The fourth-order valence-electron chi connectivity index (χ4n) is 1.82. The Kier molecular flexibility index (Phi) is 4.26. The number of hydrogen-bond acceptors (Lipinski definition) is 1. The summed E-state index contributed by atoms with van der Waals surface area (Å²) in [7, 11) is 0. The second kappa shape index (κ2) is 5.91. The Morgan fingerprint density at radius 3 is 2.94 bits per heavy atom. The van der Waals surface area contributed by atoms with E-state index in [2.05, 4.69) is 29.1 Å². The number of hydrogen-bond donors (Lipinski definition) is 1. The number of nitrogens with zero attached hydrogens (tertiary/aromatic N) is 1. The molecule has 0 unspecified atom stereocenters. The van der Waals surface area contributed by atoms with Crippen LogP contribution in [0.2, 0.25) is 5.02 Å². The third kappa shape index (κ3) is 3.26. The summed E-state index contributed by atoms with van der Waals surface area (Å²) in [4.78, 5) is 0. The maximum atomic E-state index is 13.1. The predicted octanol–water partition coefficient (Wildman–Crippen LogP) is 4.30. The van der Waals surface area contributed by atoms with E-state index in [9.17, 15) is 4.39 Å². The number of benzene rings is 1. The second-order valence-electron chi connectivity index (χ2n) is 4.24. The van der Waals surface area contributed by atoms with Gasteiger partial charge in [-0.25, -0.2) is 4.39 Å². The number of halogens is 2. The molecular formula is C14H16ClFN2. The highest BCUT2D eigenvalue weighted by Gasteiger charge is 2.02.